The topological polar surface area (TPSA) is 490 Å². The molecule has 0 bridgehead atoms. The second-order valence-corrected chi connectivity index (χ2v) is 32.8. The van der Waals surface area contributed by atoms with Crippen molar-refractivity contribution in [2.24, 2.45) is 17.6 Å². The van der Waals surface area contributed by atoms with Crippen molar-refractivity contribution in [1.29, 1.82) is 0 Å². The van der Waals surface area contributed by atoms with Gasteiger partial charge in [-0.25, -0.2) is 0 Å². The fourth-order valence-corrected chi connectivity index (χ4v) is 16.8. The number of rotatable bonds is 58. The summed E-state index contributed by atoms with van der Waals surface area (Å²) < 4.78 is 80.0. The SMILES string of the molecule is COc1cccc2c1C(=O)c1c(O)c3c(c(O)c1C2=O)C[C@@](O)(C(=O)NCC(=O)CCSCC(=O)NCCCC(=O)CCOCCOCCOCCOCCN1CCC(C(=O)O)CC1)C[C@@H]3O[C@H]1C[C@H]2[C@H](O[C@@H]3[C@@H](OC)OCCN32)[C@H](C)O1.NCC(=O)CCSCC(=O)NCCCC(=O)CCOCCOCCOCCOCCN1CCC(C(=O)O)CC1. The Labute approximate surface area is 719 Å². The van der Waals surface area contributed by atoms with E-state index in [2.05, 4.69) is 30.7 Å². The van der Waals surface area contributed by atoms with Crippen LogP contribution in [0.25, 0.3) is 0 Å². The molecule has 0 unspecified atom stereocenters. The van der Waals surface area contributed by atoms with E-state index in [1.807, 2.05) is 0 Å². The van der Waals surface area contributed by atoms with Gasteiger partial charge in [0.15, 0.2) is 30.4 Å². The van der Waals surface area contributed by atoms with Crippen molar-refractivity contribution in [3.8, 4) is 17.2 Å². The Morgan fingerprint density at radius 3 is 1.57 bits per heavy atom. The summed E-state index contributed by atoms with van der Waals surface area (Å²) in [6.45, 7) is 14.6. The van der Waals surface area contributed by atoms with Crippen LogP contribution in [0.5, 0.6) is 17.2 Å². The number of thioether (sulfide) groups is 2. The number of carboxylic acids is 2. The number of piperidine rings is 2. The fraction of sp³-hybridized carbons (Fsp3) is 0.723. The maximum atomic E-state index is 14.2. The van der Waals surface area contributed by atoms with Crippen molar-refractivity contribution in [3.05, 3.63) is 51.6 Å². The van der Waals surface area contributed by atoms with Gasteiger partial charge in [0.2, 0.25) is 17.6 Å². The second-order valence-electron chi connectivity index (χ2n) is 30.6. The summed E-state index contributed by atoms with van der Waals surface area (Å²) in [6.07, 6.45) is -0.150. The largest absolute Gasteiger partial charge is 0.507 e. The highest BCUT2D eigenvalue weighted by Gasteiger charge is 2.56. The molecule has 0 saturated carbocycles. The van der Waals surface area contributed by atoms with E-state index in [0.29, 0.717) is 188 Å². The van der Waals surface area contributed by atoms with E-state index < -0.39 is 120 Å². The molecule has 37 nitrogen and oxygen atoms in total. The van der Waals surface area contributed by atoms with E-state index >= 15 is 0 Å². The molecule has 5 saturated heterocycles. The zero-order valence-electron chi connectivity index (χ0n) is 70.3. The minimum atomic E-state index is -2.39. The van der Waals surface area contributed by atoms with E-state index in [-0.39, 0.29) is 132 Å². The van der Waals surface area contributed by atoms with Crippen LogP contribution in [0.1, 0.15) is 146 Å². The average Bonchev–Trinajstić information content (AvgIpc) is 0.886. The van der Waals surface area contributed by atoms with E-state index in [4.69, 9.17) is 82.3 Å². The molecule has 5 fully saturated rings. The second kappa shape index (κ2) is 54.3. The molecular formula is C83H125N7O30S2. The number of nitrogens with one attached hydrogen (secondary N) is 3. The van der Waals surface area contributed by atoms with Gasteiger partial charge in [0.25, 0.3) is 5.91 Å². The van der Waals surface area contributed by atoms with Gasteiger partial charge >= 0.3 is 11.9 Å². The summed E-state index contributed by atoms with van der Waals surface area (Å²) in [7, 11) is 2.85. The molecule has 0 aromatic heterocycles. The molecule has 8 atom stereocenters. The number of methoxy groups -OCH3 is 2. The Kier molecular flexibility index (Phi) is 44.7. The molecule has 2 aliphatic carbocycles. The number of fused-ring (bicyclic) bond motifs is 6. The van der Waals surface area contributed by atoms with Gasteiger partial charge in [-0.05, 0) is 77.7 Å². The van der Waals surface area contributed by atoms with E-state index in [0.717, 1.165) is 39.3 Å². The van der Waals surface area contributed by atoms with Crippen molar-refractivity contribution in [2.75, 3.05) is 222 Å². The van der Waals surface area contributed by atoms with Crippen LogP contribution in [0.3, 0.4) is 0 Å². The van der Waals surface area contributed by atoms with Gasteiger partial charge in [-0.2, -0.15) is 23.5 Å². The quantitative estimate of drug-likeness (QED) is 0.0288. The zero-order valence-corrected chi connectivity index (χ0v) is 72.0. The highest BCUT2D eigenvalue weighted by Crippen LogP contribution is 2.53. The van der Waals surface area contributed by atoms with Crippen LogP contribution in [-0.2, 0) is 111 Å². The number of nitrogens with two attached hydrogens (primary N) is 1. The minimum Gasteiger partial charge on any atom is -0.507 e. The number of carboxylic acid groups (broad SMARTS) is 2. The molecule has 0 spiro atoms. The van der Waals surface area contributed by atoms with Gasteiger partial charge in [0.1, 0.15) is 46.3 Å². The summed E-state index contributed by atoms with van der Waals surface area (Å²) >= 11 is 2.60. The third kappa shape index (κ3) is 32.2. The predicted molar refractivity (Wildman–Crippen MR) is 441 cm³/mol. The van der Waals surface area contributed by atoms with Crippen LogP contribution in [0.15, 0.2) is 18.2 Å². The van der Waals surface area contributed by atoms with Gasteiger partial charge in [-0.15, -0.1) is 0 Å². The lowest BCUT2D eigenvalue weighted by Crippen LogP contribution is -2.55. The van der Waals surface area contributed by atoms with Gasteiger partial charge in [-0.3, -0.25) is 57.6 Å². The average molecular weight is 1770 g/mol. The molecule has 684 valence electrons. The number of nitrogens with zero attached hydrogens (tertiary/aromatic N) is 3. The molecule has 3 amide bonds. The van der Waals surface area contributed by atoms with E-state index in [1.165, 1.54) is 55.9 Å². The number of ether oxygens (including phenoxy) is 14. The maximum absolute atomic E-state index is 14.2. The number of benzene rings is 2. The number of aliphatic hydroxyl groups is 1. The number of likely N-dealkylation sites (tertiary alicyclic amines) is 2. The standard InChI is InChI=1S/C57H78N4O21S.C26H47N3O9S/c1-33-52-39(61-17-20-79-55(74-3)53(61)82-52)28-43(80-33)81-41-30-57(72,29-38-45(41)51(68)47-46(49(38)66)48(65)37-7-4-8-40(73-2)44(37)50(47)67)56(71)59-31-36(63)12-27-83-32-42(64)58-13-5-6-35(62)11-18-75-21-23-77-25-26-78-24-22-76-19-16-60-14-9-34(10-15-60)54(69)70;27-20-24(31)6-19-39-21-25(32)28-7-1-2-23(30)5-11-35-13-15-37-17-18-38-16-14-36-12-10-29-8-3-22(4-9-29)26(33)34/h4,7-8,33-34,39,41,43,52-53,55,66,68,72H,5-6,9-32H2,1-3H3,(H,58,64)(H,59,71)(H,69,70);22H,1-21,27H2,(H,28,32)(H,33,34)/t33-,39-,41-,43-,52+,53+,55-,57-;/m0./s1. The van der Waals surface area contributed by atoms with Crippen LogP contribution >= 0.6 is 23.5 Å². The van der Waals surface area contributed by atoms with E-state index in [1.54, 1.807) is 6.92 Å². The van der Waals surface area contributed by atoms with Gasteiger partial charge in [-0.1, -0.05) is 12.1 Å². The Morgan fingerprint density at radius 2 is 1.07 bits per heavy atom. The first-order chi connectivity index (χ1) is 58.9. The summed E-state index contributed by atoms with van der Waals surface area (Å²) in [6, 6.07) is 4.14. The Bertz CT molecular complexity index is 3700. The van der Waals surface area contributed by atoms with E-state index in [9.17, 15) is 68.1 Å². The summed E-state index contributed by atoms with van der Waals surface area (Å²) in [4.78, 5) is 144. The van der Waals surface area contributed by atoms with Crippen LogP contribution in [0.4, 0.5) is 0 Å². The van der Waals surface area contributed by atoms with Crippen molar-refractivity contribution >= 4 is 87.9 Å². The number of phenolic OH excluding ortho intramolecular Hbond substituents is 2. The lowest BCUT2D eigenvalue weighted by atomic mass is 9.72. The third-order valence-electron chi connectivity index (χ3n) is 22.0. The molecule has 9 rings (SSSR count). The Balaban J connectivity index is 0.000000398. The van der Waals surface area contributed by atoms with Crippen LogP contribution < -0.4 is 26.4 Å². The molecular weight excluding hydrogens is 1640 g/mol. The predicted octanol–water partition coefficient (Wildman–Crippen LogP) is 2.03. The number of Topliss-reactive ketones (excluding diaryl/α,β-unsaturated/α-hetero) is 4. The third-order valence-corrected chi connectivity index (χ3v) is 23.9. The lowest BCUT2D eigenvalue weighted by molar-refractivity contribution is -0.256. The van der Waals surface area contributed by atoms with Crippen molar-refractivity contribution in [1.82, 2.24) is 30.7 Å². The molecule has 39 heteroatoms. The summed E-state index contributed by atoms with van der Waals surface area (Å²) in [5, 5.41) is 62.5. The molecule has 122 heavy (non-hydrogen) atoms. The number of aliphatic carboxylic acids is 2. The molecule has 2 aromatic rings. The number of ketones is 6. The minimum absolute atomic E-state index is 0.000464. The van der Waals surface area contributed by atoms with Crippen LogP contribution in [0, 0.1) is 11.8 Å². The van der Waals surface area contributed by atoms with Gasteiger partial charge in [0.05, 0.1) is 185 Å². The smallest absolute Gasteiger partial charge is 0.306 e. The molecule has 10 N–H and O–H groups in total. The lowest BCUT2D eigenvalue weighted by Gasteiger charge is -2.43. The van der Waals surface area contributed by atoms with Gasteiger partial charge in [0, 0.05) is 132 Å². The molecule has 0 radical (unpaired) electrons. The Morgan fingerprint density at radius 1 is 0.582 bits per heavy atom. The molecule has 5 heterocycles. The number of hydrogen-bond donors (Lipinski definition) is 9. The number of phenols is 2. The number of aromatic hydroxyl groups is 2. The summed E-state index contributed by atoms with van der Waals surface area (Å²) in [5.41, 5.74) is 1.34. The number of amides is 3. The first-order valence-electron chi connectivity index (χ1n) is 42.2. The number of carbonyl (C=O) groups is 11. The van der Waals surface area contributed by atoms with Crippen LogP contribution in [0.2, 0.25) is 0 Å². The first kappa shape index (κ1) is 101. The first-order valence-corrected chi connectivity index (χ1v) is 44.5. The monoisotopic (exact) mass is 1760 g/mol. The molecule has 2 aromatic carbocycles. The van der Waals surface area contributed by atoms with Gasteiger partial charge < -0.3 is 123 Å². The number of morpholine rings is 1. The fourth-order valence-electron chi connectivity index (χ4n) is 15.2. The molecule has 5 aliphatic heterocycles. The summed E-state index contributed by atoms with van der Waals surface area (Å²) in [5.74, 6) is -5.29. The normalized spacial score (nSPS) is 21.7. The highest BCUT2D eigenvalue weighted by atomic mass is 32.2. The van der Waals surface area contributed by atoms with Crippen molar-refractivity contribution in [2.45, 2.75) is 152 Å². The molecule has 7 aliphatic rings. The highest BCUT2D eigenvalue weighted by molar-refractivity contribution is 8.00. The maximum Gasteiger partial charge on any atom is 0.306 e. The number of hydrogen-bond acceptors (Lipinski definition) is 34. The Hall–Kier alpha value is -6.81. The zero-order chi connectivity index (χ0) is 87.8. The van der Waals surface area contributed by atoms with Crippen molar-refractivity contribution in [3.63, 3.8) is 0 Å². The number of carbonyl (C=O) groups excluding carboxylic acids is 9. The van der Waals surface area contributed by atoms with Crippen molar-refractivity contribution < 1.29 is 145 Å². The van der Waals surface area contributed by atoms with Crippen LogP contribution in [-0.4, -0.2) is 369 Å².